The average molecular weight is 410 g/mol. The van der Waals surface area contributed by atoms with Crippen LogP contribution < -0.4 is 74.4 Å². The predicted molar refractivity (Wildman–Crippen MR) is 14.9 cm³/mol. The molecule has 0 fully saturated rings. The van der Waals surface area contributed by atoms with Gasteiger partial charge in [0.2, 0.25) is 0 Å². The monoisotopic (exact) mass is 406 g/mol. The molecule has 0 rings (SSSR count). The predicted octanol–water partition coefficient (Wildman–Crippen LogP) is -16.5. The van der Waals surface area contributed by atoms with Crippen molar-refractivity contribution in [2.75, 3.05) is 0 Å². The summed E-state index contributed by atoms with van der Waals surface area (Å²) < 4.78 is 0. The zero-order valence-electron chi connectivity index (χ0n) is 4.19. The zero-order valence-corrected chi connectivity index (χ0v) is 12.3. The van der Waals surface area contributed by atoms with E-state index in [1.54, 1.807) is 0 Å². The summed E-state index contributed by atoms with van der Waals surface area (Å²) in [6.07, 6.45) is 0. The molecule has 0 aromatic heterocycles. The molecule has 0 aromatic rings. The van der Waals surface area contributed by atoms with Crippen molar-refractivity contribution in [3.63, 3.8) is 0 Å². The second-order valence-corrected chi connectivity index (χ2v) is 1.68. The van der Waals surface area contributed by atoms with Crippen LogP contribution in [0, 0.1) is 7.43 Å². The van der Waals surface area contributed by atoms with Crippen LogP contribution >= 0.6 is 20.4 Å². The molecule has 10 heteroatoms. The first kappa shape index (κ1) is 89.6. The molecule has 0 saturated heterocycles. The van der Waals surface area contributed by atoms with E-state index in [0.717, 1.165) is 0 Å². The van der Waals surface area contributed by atoms with Crippen molar-refractivity contribution in [1.82, 2.24) is 0 Å². The molecule has 0 amide bonds. The van der Waals surface area contributed by atoms with Gasteiger partial charge >= 0.3 is 57.5 Å². The van der Waals surface area contributed by atoms with Crippen LogP contribution in [0.2, 0.25) is 0 Å². The van der Waals surface area contributed by atoms with E-state index in [-0.39, 0.29) is 98.9 Å². The third-order valence-corrected chi connectivity index (χ3v) is 0. The molecule has 0 nitrogen and oxygen atoms in total. The Morgan fingerprint density at radius 3 is 0.636 bits per heavy atom. The van der Waals surface area contributed by atoms with E-state index >= 15 is 0 Å². The SMILES string of the molecule is [C+4].[Cl-].[Cl-].[Cl-].[Cl-].[Cl-].[Cl-].[Cl][Ni][Cl].[Fe+2]. The van der Waals surface area contributed by atoms with Crippen LogP contribution in [0.1, 0.15) is 0 Å². The van der Waals surface area contributed by atoms with Gasteiger partial charge in [0.1, 0.15) is 0 Å². The molecule has 0 aliphatic rings. The van der Waals surface area contributed by atoms with Gasteiger partial charge in [-0.2, -0.15) is 0 Å². The topological polar surface area (TPSA) is 0 Å². The molecule has 0 saturated carbocycles. The van der Waals surface area contributed by atoms with E-state index in [4.69, 9.17) is 20.4 Å². The molecule has 0 aromatic carbocycles. The summed E-state index contributed by atoms with van der Waals surface area (Å²) >= 11 is 0.569. The molecule has 0 spiro atoms. The van der Waals surface area contributed by atoms with E-state index in [1.165, 1.54) is 0 Å². The molecule has 0 bridgehead atoms. The first-order chi connectivity index (χ1) is 1.41. The molecule has 78 valence electrons. The number of halogens is 8. The summed E-state index contributed by atoms with van der Waals surface area (Å²) in [4.78, 5) is 0. The summed E-state index contributed by atoms with van der Waals surface area (Å²) in [6.45, 7) is 0. The Labute approximate surface area is 130 Å². The fourth-order valence-corrected chi connectivity index (χ4v) is 0. The van der Waals surface area contributed by atoms with E-state index in [9.17, 15) is 0 Å². The maximum atomic E-state index is 4.70. The van der Waals surface area contributed by atoms with Crippen molar-refractivity contribution in [3.05, 3.63) is 7.43 Å². The smallest absolute Gasteiger partial charge is 2.00 e. The summed E-state index contributed by atoms with van der Waals surface area (Å²) in [5.74, 6) is 0. The molecule has 0 aliphatic carbocycles. The molecule has 0 aliphatic heterocycles. The first-order valence-corrected chi connectivity index (χ1v) is 2.96. The van der Waals surface area contributed by atoms with Gasteiger partial charge in [-0.25, -0.2) is 0 Å². The molecule has 0 heterocycles. The summed E-state index contributed by atoms with van der Waals surface area (Å²) in [5.41, 5.74) is 0. The van der Waals surface area contributed by atoms with Crippen molar-refractivity contribution in [1.29, 1.82) is 0 Å². The van der Waals surface area contributed by atoms with Gasteiger partial charge in [0, 0.05) is 0 Å². The van der Waals surface area contributed by atoms with Gasteiger partial charge in [-0.1, -0.05) is 0 Å². The van der Waals surface area contributed by atoms with Gasteiger partial charge in [-0.05, 0) is 0 Å². The minimum atomic E-state index is 0. The second kappa shape index (κ2) is 108. The maximum absolute atomic E-state index is 4.70. The fourth-order valence-electron chi connectivity index (χ4n) is 0. The minimum absolute atomic E-state index is 0. The van der Waals surface area contributed by atoms with Gasteiger partial charge in [-0.3, -0.25) is 0 Å². The molecule has 0 unspecified atom stereocenters. The number of hydrogen-bond acceptors (Lipinski definition) is 0. The van der Waals surface area contributed by atoms with Crippen molar-refractivity contribution in [2.24, 2.45) is 0 Å². The van der Waals surface area contributed by atoms with Crippen LogP contribution in [0.3, 0.4) is 0 Å². The van der Waals surface area contributed by atoms with Crippen LogP contribution in [-0.2, 0) is 29.7 Å². The van der Waals surface area contributed by atoms with Crippen molar-refractivity contribution in [3.8, 4) is 0 Å². The minimum Gasteiger partial charge on any atom is 2.00 e. The largest absolute Gasteiger partial charge is 2.00 e. The van der Waals surface area contributed by atoms with Crippen LogP contribution in [0.25, 0.3) is 0 Å². The molecule has 11 heavy (non-hydrogen) atoms. The number of rotatable bonds is 0. The summed E-state index contributed by atoms with van der Waals surface area (Å²) in [7, 11) is 9.40. The van der Waals surface area contributed by atoms with Gasteiger partial charge in [0.05, 0.1) is 0 Å². The molecular formula is CCl8FeNi. The van der Waals surface area contributed by atoms with Crippen LogP contribution in [0.4, 0.5) is 0 Å². The van der Waals surface area contributed by atoms with Gasteiger partial charge in [0.15, 0.2) is 0 Å². The summed E-state index contributed by atoms with van der Waals surface area (Å²) in [6, 6.07) is 0. The average Bonchev–Trinajstić information content (AvgIpc) is 0.918. The third-order valence-electron chi connectivity index (χ3n) is 0. The van der Waals surface area contributed by atoms with Crippen LogP contribution in [0.15, 0.2) is 0 Å². The Morgan fingerprint density at radius 2 is 0.636 bits per heavy atom. The standard InChI is InChI=1S/C.8ClH.Fe.Ni/h;8*1H;;/q+4;;;;;;;;;2*+2/p-8. The summed E-state index contributed by atoms with van der Waals surface area (Å²) in [5, 5.41) is 0. The Balaban J connectivity index is -0.000000000714. The van der Waals surface area contributed by atoms with Gasteiger partial charge in [0.25, 0.3) is 0 Å². The molecule has 0 radical (unpaired) electrons. The maximum Gasteiger partial charge on any atom is 2.00 e. The van der Waals surface area contributed by atoms with Gasteiger partial charge < -0.3 is 74.4 Å². The Kier molecular flexibility index (Phi) is 880. The van der Waals surface area contributed by atoms with Crippen LogP contribution in [0.5, 0.6) is 0 Å². The van der Waals surface area contributed by atoms with Crippen LogP contribution in [-0.4, -0.2) is 0 Å². The Hall–Kier alpha value is 3.33. The normalized spacial score (nSPS) is 2.00. The molecule has 0 atom stereocenters. The van der Waals surface area contributed by atoms with Crippen molar-refractivity contribution >= 4 is 20.4 Å². The Morgan fingerprint density at radius 1 is 0.636 bits per heavy atom. The van der Waals surface area contributed by atoms with E-state index < -0.39 is 0 Å². The van der Waals surface area contributed by atoms with E-state index in [0.29, 0.717) is 12.7 Å². The number of hydrogen-bond donors (Lipinski definition) is 0. The van der Waals surface area contributed by atoms with E-state index in [1.807, 2.05) is 0 Å². The molecule has 0 N–H and O–H groups in total. The zero-order chi connectivity index (χ0) is 2.71. The Bertz CT molecular complexity index is 14.1. The first-order valence-electron chi connectivity index (χ1n) is 0.239. The van der Waals surface area contributed by atoms with Gasteiger partial charge in [-0.15, -0.1) is 0 Å². The van der Waals surface area contributed by atoms with Crippen molar-refractivity contribution in [2.45, 2.75) is 0 Å². The van der Waals surface area contributed by atoms with Crippen molar-refractivity contribution < 1.29 is 104 Å². The second-order valence-electron chi connectivity index (χ2n) is 0.0452. The fraction of sp³-hybridized carbons (Fsp3) is 0. The molecular weight excluding hydrogens is 410 g/mol. The quantitative estimate of drug-likeness (QED) is 0.348. The third kappa shape index (κ3) is 154. The van der Waals surface area contributed by atoms with E-state index in [2.05, 4.69) is 0 Å².